The first-order valence-corrected chi connectivity index (χ1v) is 11.1. The molecule has 8 heteroatoms. The molecular formula is C23H38FN3O4. The second-order valence-corrected chi connectivity index (χ2v) is 8.65. The van der Waals surface area contributed by atoms with Crippen molar-refractivity contribution in [2.24, 2.45) is 11.8 Å². The highest BCUT2D eigenvalue weighted by Gasteiger charge is 2.27. The van der Waals surface area contributed by atoms with E-state index in [1.165, 1.54) is 24.3 Å². The second kappa shape index (κ2) is 13.0. The van der Waals surface area contributed by atoms with Crippen molar-refractivity contribution in [2.45, 2.75) is 38.8 Å². The summed E-state index contributed by atoms with van der Waals surface area (Å²) in [4.78, 5) is 16.8. The Morgan fingerprint density at radius 1 is 1.26 bits per heavy atom. The predicted octanol–water partition coefficient (Wildman–Crippen LogP) is 3.05. The molecule has 0 radical (unpaired) electrons. The van der Waals surface area contributed by atoms with E-state index in [2.05, 4.69) is 24.2 Å². The molecule has 1 heterocycles. The molecule has 3 atom stereocenters. The molecule has 0 unspecified atom stereocenters. The average Bonchev–Trinajstić information content (AvgIpc) is 2.77. The normalized spacial score (nSPS) is 17.9. The SMILES string of the molecule is CO[C@H](CN(C)CC1CCOCC1)[C@H](C)CN(C(=O)Nc1ccc(F)cc1)[C@@H](C)CO. The van der Waals surface area contributed by atoms with Crippen LogP contribution in [0.2, 0.25) is 0 Å². The number of anilines is 1. The van der Waals surface area contributed by atoms with Crippen molar-refractivity contribution in [3.63, 3.8) is 0 Å². The Kier molecular flexibility index (Phi) is 10.7. The molecule has 7 nitrogen and oxygen atoms in total. The fourth-order valence-electron chi connectivity index (χ4n) is 3.96. The smallest absolute Gasteiger partial charge is 0.322 e. The van der Waals surface area contributed by atoms with Crippen molar-refractivity contribution < 1.29 is 23.8 Å². The van der Waals surface area contributed by atoms with E-state index in [-0.39, 0.29) is 36.5 Å². The van der Waals surface area contributed by atoms with E-state index in [1.807, 2.05) is 0 Å². The standard InChI is InChI=1S/C23H38FN3O4/c1-17(22(30-4)15-26(3)14-19-9-11-31-12-10-19)13-27(18(2)16-28)23(29)25-21-7-5-20(24)6-8-21/h5-8,17-19,22,28H,9-16H2,1-4H3,(H,25,29)/t17-,18+,22-/m1/s1. The van der Waals surface area contributed by atoms with Crippen LogP contribution in [0.1, 0.15) is 26.7 Å². The van der Waals surface area contributed by atoms with Crippen LogP contribution in [0.4, 0.5) is 14.9 Å². The van der Waals surface area contributed by atoms with Crippen molar-refractivity contribution in [1.29, 1.82) is 0 Å². The first-order chi connectivity index (χ1) is 14.8. The summed E-state index contributed by atoms with van der Waals surface area (Å²) in [7, 11) is 3.80. The van der Waals surface area contributed by atoms with E-state index < -0.39 is 0 Å². The summed E-state index contributed by atoms with van der Waals surface area (Å²) < 4.78 is 24.3. The van der Waals surface area contributed by atoms with E-state index in [0.29, 0.717) is 18.2 Å². The topological polar surface area (TPSA) is 74.3 Å². The van der Waals surface area contributed by atoms with E-state index in [0.717, 1.165) is 39.1 Å². The molecule has 1 aliphatic rings. The van der Waals surface area contributed by atoms with Gasteiger partial charge in [0.15, 0.2) is 0 Å². The summed E-state index contributed by atoms with van der Waals surface area (Å²) in [6.45, 7) is 7.56. The number of methoxy groups -OCH3 is 1. The quantitative estimate of drug-likeness (QED) is 0.554. The number of aliphatic hydroxyl groups excluding tert-OH is 1. The molecule has 1 fully saturated rings. The van der Waals surface area contributed by atoms with Crippen molar-refractivity contribution in [2.75, 3.05) is 58.9 Å². The van der Waals surface area contributed by atoms with Gasteiger partial charge in [-0.15, -0.1) is 0 Å². The summed E-state index contributed by atoms with van der Waals surface area (Å²) in [6.07, 6.45) is 2.11. The largest absolute Gasteiger partial charge is 0.394 e. The number of urea groups is 1. The van der Waals surface area contributed by atoms with Gasteiger partial charge < -0.3 is 29.7 Å². The lowest BCUT2D eigenvalue weighted by Crippen LogP contribution is -2.48. The fraction of sp³-hybridized carbons (Fsp3) is 0.696. The molecule has 2 amide bonds. The molecule has 31 heavy (non-hydrogen) atoms. The molecule has 0 bridgehead atoms. The first kappa shape index (κ1) is 25.5. The molecule has 0 spiro atoms. The molecule has 0 aromatic heterocycles. The van der Waals surface area contributed by atoms with Crippen LogP contribution in [-0.2, 0) is 9.47 Å². The van der Waals surface area contributed by atoms with E-state index in [4.69, 9.17) is 9.47 Å². The van der Waals surface area contributed by atoms with Gasteiger partial charge in [0.1, 0.15) is 5.82 Å². The third kappa shape index (κ3) is 8.37. The number of aliphatic hydroxyl groups is 1. The maximum absolute atomic E-state index is 13.1. The van der Waals surface area contributed by atoms with Crippen LogP contribution < -0.4 is 5.32 Å². The summed E-state index contributed by atoms with van der Waals surface area (Å²) in [5.41, 5.74) is 0.508. The molecule has 1 aromatic carbocycles. The van der Waals surface area contributed by atoms with Gasteiger partial charge in [-0.2, -0.15) is 0 Å². The lowest BCUT2D eigenvalue weighted by molar-refractivity contribution is 0.00866. The van der Waals surface area contributed by atoms with Gasteiger partial charge in [0.2, 0.25) is 0 Å². The predicted molar refractivity (Wildman–Crippen MR) is 120 cm³/mol. The van der Waals surface area contributed by atoms with Gasteiger partial charge in [0, 0.05) is 51.6 Å². The number of carbonyl (C=O) groups excluding carboxylic acids is 1. The average molecular weight is 440 g/mol. The highest BCUT2D eigenvalue weighted by molar-refractivity contribution is 5.89. The molecule has 1 aromatic rings. The zero-order valence-corrected chi connectivity index (χ0v) is 19.2. The molecule has 0 saturated carbocycles. The third-order valence-corrected chi connectivity index (χ3v) is 5.98. The van der Waals surface area contributed by atoms with Crippen molar-refractivity contribution in [3.05, 3.63) is 30.1 Å². The van der Waals surface area contributed by atoms with Crippen molar-refractivity contribution in [3.8, 4) is 0 Å². The Hall–Kier alpha value is -1.74. The number of nitrogens with one attached hydrogen (secondary N) is 1. The second-order valence-electron chi connectivity index (χ2n) is 8.65. The lowest BCUT2D eigenvalue weighted by atomic mass is 9.98. The van der Waals surface area contributed by atoms with Gasteiger partial charge in [-0.25, -0.2) is 9.18 Å². The molecule has 2 rings (SSSR count). The first-order valence-electron chi connectivity index (χ1n) is 11.1. The van der Waals surface area contributed by atoms with Gasteiger partial charge in [0.25, 0.3) is 0 Å². The summed E-state index contributed by atoms with van der Waals surface area (Å²) in [5, 5.41) is 12.5. The zero-order chi connectivity index (χ0) is 22.8. The van der Waals surface area contributed by atoms with Gasteiger partial charge in [-0.3, -0.25) is 0 Å². The molecule has 1 aliphatic heterocycles. The monoisotopic (exact) mass is 439 g/mol. The van der Waals surface area contributed by atoms with E-state index in [9.17, 15) is 14.3 Å². The number of nitrogens with zero attached hydrogens (tertiary/aromatic N) is 2. The minimum absolute atomic E-state index is 0.0510. The molecule has 2 N–H and O–H groups in total. The highest BCUT2D eigenvalue weighted by atomic mass is 19.1. The van der Waals surface area contributed by atoms with Gasteiger partial charge >= 0.3 is 6.03 Å². The maximum Gasteiger partial charge on any atom is 0.322 e. The van der Waals surface area contributed by atoms with E-state index in [1.54, 1.807) is 18.9 Å². The van der Waals surface area contributed by atoms with Crippen molar-refractivity contribution >= 4 is 11.7 Å². The Balaban J connectivity index is 1.95. The maximum atomic E-state index is 13.1. The molecule has 1 saturated heterocycles. The van der Waals surface area contributed by atoms with E-state index >= 15 is 0 Å². The lowest BCUT2D eigenvalue weighted by Gasteiger charge is -2.35. The van der Waals surface area contributed by atoms with Crippen molar-refractivity contribution in [1.82, 2.24) is 9.80 Å². The third-order valence-electron chi connectivity index (χ3n) is 5.98. The molecule has 176 valence electrons. The van der Waals surface area contributed by atoms with Crippen LogP contribution in [0.25, 0.3) is 0 Å². The number of likely N-dealkylation sites (N-methyl/N-ethyl adjacent to an activating group) is 1. The Morgan fingerprint density at radius 3 is 2.48 bits per heavy atom. The Bertz CT molecular complexity index is 655. The summed E-state index contributed by atoms with van der Waals surface area (Å²) in [6, 6.07) is 4.94. The van der Waals surface area contributed by atoms with Crippen LogP contribution in [0, 0.1) is 17.7 Å². The number of rotatable bonds is 11. The van der Waals surface area contributed by atoms with Gasteiger partial charge in [-0.1, -0.05) is 6.92 Å². The number of halogens is 1. The number of hydrogen-bond acceptors (Lipinski definition) is 5. The van der Waals surface area contributed by atoms with Crippen LogP contribution >= 0.6 is 0 Å². The fourth-order valence-corrected chi connectivity index (χ4v) is 3.96. The summed E-state index contributed by atoms with van der Waals surface area (Å²) >= 11 is 0. The zero-order valence-electron chi connectivity index (χ0n) is 19.2. The number of ether oxygens (including phenoxy) is 2. The highest BCUT2D eigenvalue weighted by Crippen LogP contribution is 2.18. The van der Waals surface area contributed by atoms with Crippen LogP contribution in [-0.4, -0.2) is 86.7 Å². The minimum atomic E-state index is -0.361. The minimum Gasteiger partial charge on any atom is -0.394 e. The van der Waals surface area contributed by atoms with Gasteiger partial charge in [0.05, 0.1) is 18.8 Å². The molecule has 0 aliphatic carbocycles. The molecular weight excluding hydrogens is 401 g/mol. The Labute approximate surface area is 185 Å². The van der Waals surface area contributed by atoms with Crippen LogP contribution in [0.5, 0.6) is 0 Å². The van der Waals surface area contributed by atoms with Crippen LogP contribution in [0.3, 0.4) is 0 Å². The number of hydrogen-bond donors (Lipinski definition) is 2. The number of carbonyl (C=O) groups is 1. The number of benzene rings is 1. The van der Waals surface area contributed by atoms with Crippen LogP contribution in [0.15, 0.2) is 24.3 Å². The van der Waals surface area contributed by atoms with Gasteiger partial charge in [-0.05, 0) is 57.0 Å². The number of amides is 2. The summed E-state index contributed by atoms with van der Waals surface area (Å²) in [5.74, 6) is 0.328. The Morgan fingerprint density at radius 2 is 1.90 bits per heavy atom.